The molecule has 1 aromatic heterocycles. The van der Waals surface area contributed by atoms with Crippen LogP contribution in [0.5, 0.6) is 0 Å². The Balaban J connectivity index is 0.00000242. The van der Waals surface area contributed by atoms with Gasteiger partial charge < -0.3 is 20.6 Å². The van der Waals surface area contributed by atoms with Crippen LogP contribution >= 0.6 is 24.0 Å². The highest BCUT2D eigenvalue weighted by molar-refractivity contribution is 6.33. The molecule has 1 atom stereocenters. The number of benzene rings is 1. The van der Waals surface area contributed by atoms with E-state index in [9.17, 15) is 4.79 Å². The van der Waals surface area contributed by atoms with Gasteiger partial charge in [-0.25, -0.2) is 0 Å². The monoisotopic (exact) mass is 344 g/mol. The highest BCUT2D eigenvalue weighted by Crippen LogP contribution is 2.28. The normalized spacial score (nSPS) is 11.5. The van der Waals surface area contributed by atoms with Crippen molar-refractivity contribution in [2.45, 2.75) is 18.9 Å². The van der Waals surface area contributed by atoms with Gasteiger partial charge in [-0.05, 0) is 36.4 Å². The van der Waals surface area contributed by atoms with E-state index in [1.165, 1.54) is 0 Å². The molecular weight excluding hydrogens is 327 g/mol. The summed E-state index contributed by atoms with van der Waals surface area (Å²) in [6, 6.07) is 9.06. The summed E-state index contributed by atoms with van der Waals surface area (Å²) in [4.78, 5) is 10.9. The second-order valence-electron chi connectivity index (χ2n) is 4.70. The Kier molecular flexibility index (Phi) is 7.24. The Hall–Kier alpha value is -1.69. The average Bonchev–Trinajstić information content (AvgIpc) is 2.97. The lowest BCUT2D eigenvalue weighted by Gasteiger charge is -2.15. The Morgan fingerprint density at radius 3 is 2.77 bits per heavy atom. The molecule has 1 heterocycles. The molecule has 0 radical (unpaired) electrons. The van der Waals surface area contributed by atoms with Crippen molar-refractivity contribution in [2.75, 3.05) is 11.9 Å². The lowest BCUT2D eigenvalue weighted by molar-refractivity contribution is -0.137. The van der Waals surface area contributed by atoms with Crippen molar-refractivity contribution in [2.24, 2.45) is 5.73 Å². The SMILES string of the molecule is Cl.NC[C@H](CC(=O)O)c1ccc(Cl)c(NCc2ccco2)c1. The number of hydrogen-bond acceptors (Lipinski definition) is 4. The van der Waals surface area contributed by atoms with Crippen LogP contribution in [-0.4, -0.2) is 17.6 Å². The first kappa shape index (κ1) is 18.4. The van der Waals surface area contributed by atoms with Crippen LogP contribution < -0.4 is 11.1 Å². The van der Waals surface area contributed by atoms with Gasteiger partial charge in [0.25, 0.3) is 0 Å². The van der Waals surface area contributed by atoms with Crippen LogP contribution in [0.15, 0.2) is 41.0 Å². The standard InChI is InChI=1S/C15H17ClN2O3.ClH/c16-13-4-3-10(11(8-17)7-15(19)20)6-14(13)18-9-12-2-1-5-21-12;/h1-6,11,18H,7-9,17H2,(H,19,20);1H/t11-;/m0./s1. The number of furan rings is 1. The molecule has 0 aliphatic rings. The first-order valence-corrected chi connectivity index (χ1v) is 6.95. The van der Waals surface area contributed by atoms with E-state index >= 15 is 0 Å². The van der Waals surface area contributed by atoms with Crippen molar-refractivity contribution in [3.8, 4) is 0 Å². The maximum Gasteiger partial charge on any atom is 0.304 e. The van der Waals surface area contributed by atoms with E-state index in [1.54, 1.807) is 18.4 Å². The molecule has 2 rings (SSSR count). The number of aliphatic carboxylic acids is 1. The summed E-state index contributed by atoms with van der Waals surface area (Å²) in [6.45, 7) is 0.772. The smallest absolute Gasteiger partial charge is 0.304 e. The van der Waals surface area contributed by atoms with E-state index in [1.807, 2.05) is 18.2 Å². The number of carboxylic acids is 1. The van der Waals surface area contributed by atoms with Crippen LogP contribution in [0.2, 0.25) is 5.02 Å². The molecule has 120 valence electrons. The number of hydrogen-bond donors (Lipinski definition) is 3. The van der Waals surface area contributed by atoms with E-state index in [-0.39, 0.29) is 31.3 Å². The predicted octanol–water partition coefficient (Wildman–Crippen LogP) is 3.48. The molecule has 0 spiro atoms. The van der Waals surface area contributed by atoms with Crippen LogP contribution in [-0.2, 0) is 11.3 Å². The number of nitrogens with two attached hydrogens (primary N) is 1. The molecule has 4 N–H and O–H groups in total. The minimum Gasteiger partial charge on any atom is -0.481 e. The highest BCUT2D eigenvalue weighted by Gasteiger charge is 2.15. The number of carboxylic acid groups (broad SMARTS) is 1. The average molecular weight is 345 g/mol. The molecule has 0 fully saturated rings. The third-order valence-electron chi connectivity index (χ3n) is 3.20. The molecule has 0 unspecified atom stereocenters. The van der Waals surface area contributed by atoms with Crippen molar-refractivity contribution < 1.29 is 14.3 Å². The summed E-state index contributed by atoms with van der Waals surface area (Å²) < 4.78 is 5.24. The molecule has 22 heavy (non-hydrogen) atoms. The van der Waals surface area contributed by atoms with Crippen molar-refractivity contribution in [1.29, 1.82) is 0 Å². The summed E-state index contributed by atoms with van der Waals surface area (Å²) in [5.74, 6) is -0.313. The molecule has 0 aliphatic heterocycles. The lowest BCUT2D eigenvalue weighted by Crippen LogP contribution is -2.16. The fourth-order valence-corrected chi connectivity index (χ4v) is 2.26. The second kappa shape index (κ2) is 8.68. The first-order valence-electron chi connectivity index (χ1n) is 6.57. The summed E-state index contributed by atoms with van der Waals surface area (Å²) in [7, 11) is 0. The van der Waals surface area contributed by atoms with Crippen LogP contribution in [0.3, 0.4) is 0 Å². The fourth-order valence-electron chi connectivity index (χ4n) is 2.08. The van der Waals surface area contributed by atoms with Gasteiger partial charge in [0.15, 0.2) is 0 Å². The number of rotatable bonds is 7. The van der Waals surface area contributed by atoms with Gasteiger partial charge in [0.1, 0.15) is 5.76 Å². The molecule has 0 saturated heterocycles. The van der Waals surface area contributed by atoms with Crippen LogP contribution in [0.25, 0.3) is 0 Å². The molecule has 2 aromatic rings. The van der Waals surface area contributed by atoms with Crippen molar-refractivity contribution in [1.82, 2.24) is 0 Å². The van der Waals surface area contributed by atoms with E-state index in [0.717, 1.165) is 17.0 Å². The fraction of sp³-hybridized carbons (Fsp3) is 0.267. The van der Waals surface area contributed by atoms with Gasteiger partial charge in [-0.3, -0.25) is 4.79 Å². The minimum absolute atomic E-state index is 0. The van der Waals surface area contributed by atoms with Gasteiger partial charge in [0.05, 0.1) is 29.9 Å². The van der Waals surface area contributed by atoms with Gasteiger partial charge in [-0.15, -0.1) is 12.4 Å². The molecule has 5 nitrogen and oxygen atoms in total. The predicted molar refractivity (Wildman–Crippen MR) is 88.8 cm³/mol. The molecule has 0 saturated carbocycles. The summed E-state index contributed by atoms with van der Waals surface area (Å²) in [5, 5.41) is 12.7. The minimum atomic E-state index is -0.870. The first-order chi connectivity index (χ1) is 10.1. The Labute approximate surface area is 139 Å². The van der Waals surface area contributed by atoms with Crippen LogP contribution in [0.1, 0.15) is 23.7 Å². The quantitative estimate of drug-likeness (QED) is 0.715. The Morgan fingerprint density at radius 1 is 1.41 bits per heavy atom. The second-order valence-corrected chi connectivity index (χ2v) is 5.11. The molecule has 0 aliphatic carbocycles. The summed E-state index contributed by atoms with van der Waals surface area (Å²) >= 11 is 6.15. The van der Waals surface area contributed by atoms with E-state index in [2.05, 4.69) is 5.32 Å². The zero-order valence-corrected chi connectivity index (χ0v) is 13.4. The number of nitrogens with one attached hydrogen (secondary N) is 1. The lowest BCUT2D eigenvalue weighted by atomic mass is 9.95. The van der Waals surface area contributed by atoms with E-state index < -0.39 is 5.97 Å². The zero-order valence-electron chi connectivity index (χ0n) is 11.8. The maximum atomic E-state index is 10.9. The third kappa shape index (κ3) is 4.94. The van der Waals surface area contributed by atoms with Gasteiger partial charge in [0, 0.05) is 5.92 Å². The Morgan fingerprint density at radius 2 is 2.18 bits per heavy atom. The van der Waals surface area contributed by atoms with E-state index in [4.69, 9.17) is 26.9 Å². The van der Waals surface area contributed by atoms with Crippen LogP contribution in [0.4, 0.5) is 5.69 Å². The molecular formula is C15H18Cl2N2O3. The number of carbonyl (C=O) groups is 1. The highest BCUT2D eigenvalue weighted by atomic mass is 35.5. The Bertz CT molecular complexity index is 603. The van der Waals surface area contributed by atoms with Crippen LogP contribution in [0, 0.1) is 0 Å². The summed E-state index contributed by atoms with van der Waals surface area (Å²) in [6.07, 6.45) is 1.60. The van der Waals surface area contributed by atoms with Gasteiger partial charge in [-0.1, -0.05) is 17.7 Å². The third-order valence-corrected chi connectivity index (χ3v) is 3.53. The topological polar surface area (TPSA) is 88.5 Å². The number of halogens is 2. The largest absolute Gasteiger partial charge is 0.481 e. The van der Waals surface area contributed by atoms with Crippen molar-refractivity contribution >= 4 is 35.7 Å². The van der Waals surface area contributed by atoms with Gasteiger partial charge in [-0.2, -0.15) is 0 Å². The van der Waals surface area contributed by atoms with Gasteiger partial charge in [0.2, 0.25) is 0 Å². The summed E-state index contributed by atoms with van der Waals surface area (Å²) in [5.41, 5.74) is 7.24. The maximum absolute atomic E-state index is 10.9. The van der Waals surface area contributed by atoms with Gasteiger partial charge >= 0.3 is 5.97 Å². The zero-order chi connectivity index (χ0) is 15.2. The number of anilines is 1. The molecule has 0 amide bonds. The molecule has 0 bridgehead atoms. The molecule has 7 heteroatoms. The van der Waals surface area contributed by atoms with E-state index in [0.29, 0.717) is 11.6 Å². The van der Waals surface area contributed by atoms with Crippen molar-refractivity contribution in [3.63, 3.8) is 0 Å². The van der Waals surface area contributed by atoms with Crippen molar-refractivity contribution in [3.05, 3.63) is 52.9 Å². The molecule has 1 aromatic carbocycles.